The topological polar surface area (TPSA) is 21.7 Å². The molecule has 0 aromatic heterocycles. The Kier molecular flexibility index (Phi) is 5.09. The number of nitrogens with zero attached hydrogens (tertiary/aromatic N) is 1. The van der Waals surface area contributed by atoms with Crippen molar-refractivity contribution in [2.45, 2.75) is 19.1 Å². The average Bonchev–Trinajstić information content (AvgIpc) is 2.49. The third-order valence-electron chi connectivity index (χ3n) is 4.27. The zero-order valence-electron chi connectivity index (χ0n) is 12.7. The molecular formula is C17H22ClNO2. The summed E-state index contributed by atoms with van der Waals surface area (Å²) in [6.45, 7) is 4.02. The summed E-state index contributed by atoms with van der Waals surface area (Å²) in [4.78, 5) is 2.35. The monoisotopic (exact) mass is 307 g/mol. The zero-order chi connectivity index (χ0) is 14.1. The van der Waals surface area contributed by atoms with Gasteiger partial charge in [0.15, 0.2) is 0 Å². The summed E-state index contributed by atoms with van der Waals surface area (Å²) in [5.41, 5.74) is 1.25. The van der Waals surface area contributed by atoms with Gasteiger partial charge in [0.05, 0.1) is 19.8 Å². The van der Waals surface area contributed by atoms with E-state index in [1.54, 1.807) is 7.11 Å². The fourth-order valence-corrected chi connectivity index (χ4v) is 2.82. The Bertz CT molecular complexity index is 617. The van der Waals surface area contributed by atoms with E-state index in [0.717, 1.165) is 18.9 Å². The maximum absolute atomic E-state index is 5.97. The van der Waals surface area contributed by atoms with Crippen LogP contribution in [0, 0.1) is 0 Å². The van der Waals surface area contributed by atoms with E-state index in [-0.39, 0.29) is 18.5 Å². The van der Waals surface area contributed by atoms with Gasteiger partial charge in [-0.3, -0.25) is 4.90 Å². The number of halogens is 1. The normalized spacial score (nSPS) is 22.8. The van der Waals surface area contributed by atoms with Gasteiger partial charge in [-0.15, -0.1) is 12.4 Å². The quantitative estimate of drug-likeness (QED) is 0.845. The molecule has 0 aliphatic carbocycles. The molecule has 2 atom stereocenters. The third-order valence-corrected chi connectivity index (χ3v) is 4.27. The Labute approximate surface area is 132 Å². The lowest BCUT2D eigenvalue weighted by Crippen LogP contribution is -2.42. The van der Waals surface area contributed by atoms with E-state index in [1.165, 1.54) is 16.3 Å². The summed E-state index contributed by atoms with van der Waals surface area (Å²) in [6, 6.07) is 13.1. The van der Waals surface area contributed by atoms with Crippen molar-refractivity contribution >= 4 is 23.2 Å². The number of benzene rings is 2. The van der Waals surface area contributed by atoms with Crippen LogP contribution in [0.4, 0.5) is 0 Å². The van der Waals surface area contributed by atoms with Gasteiger partial charge in [0.2, 0.25) is 0 Å². The standard InChI is InChI=1S/C17H21NO2.ClH/c1-12-17(20-9-8-18(12)2)15-5-4-14-11-16(19-3)7-6-13(14)10-15;/h4-7,10-12,17H,8-9H2,1-3H3;1H. The Morgan fingerprint density at radius 3 is 2.62 bits per heavy atom. The molecular weight excluding hydrogens is 286 g/mol. The lowest BCUT2D eigenvalue weighted by Gasteiger charge is -2.37. The van der Waals surface area contributed by atoms with E-state index < -0.39 is 0 Å². The maximum Gasteiger partial charge on any atom is 0.119 e. The van der Waals surface area contributed by atoms with E-state index in [1.807, 2.05) is 6.07 Å². The number of ether oxygens (including phenoxy) is 2. The minimum atomic E-state index is 0. The summed E-state index contributed by atoms with van der Waals surface area (Å²) in [6.07, 6.45) is 0.153. The van der Waals surface area contributed by atoms with Crippen molar-refractivity contribution in [3.8, 4) is 5.75 Å². The molecule has 0 radical (unpaired) electrons. The van der Waals surface area contributed by atoms with E-state index in [0.29, 0.717) is 6.04 Å². The van der Waals surface area contributed by atoms with E-state index in [2.05, 4.69) is 49.2 Å². The summed E-state index contributed by atoms with van der Waals surface area (Å²) in [5.74, 6) is 0.896. The van der Waals surface area contributed by atoms with Crippen LogP contribution in [-0.2, 0) is 4.74 Å². The lowest BCUT2D eigenvalue weighted by atomic mass is 9.98. The highest BCUT2D eigenvalue weighted by Gasteiger charge is 2.27. The molecule has 0 saturated carbocycles. The summed E-state index contributed by atoms with van der Waals surface area (Å²) < 4.78 is 11.2. The molecule has 2 aromatic carbocycles. The first-order valence-corrected chi connectivity index (χ1v) is 7.08. The Balaban J connectivity index is 0.00000161. The second-order valence-electron chi connectivity index (χ2n) is 5.49. The van der Waals surface area contributed by atoms with Crippen molar-refractivity contribution in [2.75, 3.05) is 27.3 Å². The Hall–Kier alpha value is -1.29. The molecule has 3 rings (SSSR count). The molecule has 1 aliphatic heterocycles. The van der Waals surface area contributed by atoms with Gasteiger partial charge < -0.3 is 9.47 Å². The first kappa shape index (κ1) is 16.1. The lowest BCUT2D eigenvalue weighted by molar-refractivity contribution is -0.0571. The third kappa shape index (κ3) is 3.15. The van der Waals surface area contributed by atoms with Crippen molar-refractivity contribution in [2.24, 2.45) is 0 Å². The number of likely N-dealkylation sites (N-methyl/N-ethyl adjacent to an activating group) is 1. The summed E-state index contributed by atoms with van der Waals surface area (Å²) >= 11 is 0. The highest BCUT2D eigenvalue weighted by molar-refractivity contribution is 5.85. The molecule has 0 N–H and O–H groups in total. The van der Waals surface area contributed by atoms with Crippen molar-refractivity contribution in [3.05, 3.63) is 42.0 Å². The summed E-state index contributed by atoms with van der Waals surface area (Å²) in [5, 5.41) is 2.43. The van der Waals surface area contributed by atoms with Gasteiger partial charge in [-0.25, -0.2) is 0 Å². The molecule has 1 aliphatic rings. The second kappa shape index (κ2) is 6.65. The van der Waals surface area contributed by atoms with Gasteiger partial charge in [0.1, 0.15) is 5.75 Å². The molecule has 1 saturated heterocycles. The fraction of sp³-hybridized carbons (Fsp3) is 0.412. The molecule has 21 heavy (non-hydrogen) atoms. The highest BCUT2D eigenvalue weighted by atomic mass is 35.5. The average molecular weight is 308 g/mol. The molecule has 114 valence electrons. The van der Waals surface area contributed by atoms with Crippen molar-refractivity contribution in [3.63, 3.8) is 0 Å². The highest BCUT2D eigenvalue weighted by Crippen LogP contribution is 2.30. The van der Waals surface area contributed by atoms with E-state index in [9.17, 15) is 0 Å². The van der Waals surface area contributed by atoms with Gasteiger partial charge in [0, 0.05) is 12.6 Å². The van der Waals surface area contributed by atoms with E-state index in [4.69, 9.17) is 9.47 Å². The molecule has 1 fully saturated rings. The maximum atomic E-state index is 5.97. The SMILES string of the molecule is COc1ccc2cc(C3OCCN(C)C3C)ccc2c1.Cl. The van der Waals surface area contributed by atoms with Crippen LogP contribution >= 0.6 is 12.4 Å². The van der Waals surface area contributed by atoms with Crippen LogP contribution in [0.25, 0.3) is 10.8 Å². The molecule has 1 heterocycles. The first-order chi connectivity index (χ1) is 9.69. The van der Waals surface area contributed by atoms with Crippen molar-refractivity contribution in [1.29, 1.82) is 0 Å². The van der Waals surface area contributed by atoms with Gasteiger partial charge in [0.25, 0.3) is 0 Å². The number of hydrogen-bond acceptors (Lipinski definition) is 3. The number of hydrogen-bond donors (Lipinski definition) is 0. The minimum Gasteiger partial charge on any atom is -0.497 e. The molecule has 2 aromatic rings. The van der Waals surface area contributed by atoms with E-state index >= 15 is 0 Å². The van der Waals surface area contributed by atoms with Crippen LogP contribution in [0.1, 0.15) is 18.6 Å². The predicted octanol–water partition coefficient (Wildman–Crippen LogP) is 3.66. The van der Waals surface area contributed by atoms with Gasteiger partial charge in [-0.1, -0.05) is 18.2 Å². The zero-order valence-corrected chi connectivity index (χ0v) is 13.5. The van der Waals surface area contributed by atoms with Crippen LogP contribution in [0.3, 0.4) is 0 Å². The number of fused-ring (bicyclic) bond motifs is 1. The van der Waals surface area contributed by atoms with Crippen LogP contribution < -0.4 is 4.74 Å². The number of morpholine rings is 1. The van der Waals surface area contributed by atoms with Gasteiger partial charge in [-0.2, -0.15) is 0 Å². The number of methoxy groups -OCH3 is 1. The van der Waals surface area contributed by atoms with Crippen molar-refractivity contribution in [1.82, 2.24) is 4.90 Å². The number of rotatable bonds is 2. The second-order valence-corrected chi connectivity index (χ2v) is 5.49. The predicted molar refractivity (Wildman–Crippen MR) is 88.5 cm³/mol. The summed E-state index contributed by atoms with van der Waals surface area (Å²) in [7, 11) is 3.86. The molecule has 3 nitrogen and oxygen atoms in total. The van der Waals surface area contributed by atoms with Crippen LogP contribution in [-0.4, -0.2) is 38.3 Å². The van der Waals surface area contributed by atoms with Gasteiger partial charge in [-0.05, 0) is 48.5 Å². The molecule has 2 unspecified atom stereocenters. The molecule has 4 heteroatoms. The Morgan fingerprint density at radius 1 is 1.14 bits per heavy atom. The van der Waals surface area contributed by atoms with Crippen LogP contribution in [0.5, 0.6) is 5.75 Å². The fourth-order valence-electron chi connectivity index (χ4n) is 2.82. The minimum absolute atomic E-state index is 0. The molecule has 0 spiro atoms. The van der Waals surface area contributed by atoms with Crippen molar-refractivity contribution < 1.29 is 9.47 Å². The van der Waals surface area contributed by atoms with Gasteiger partial charge >= 0.3 is 0 Å². The Morgan fingerprint density at radius 2 is 1.86 bits per heavy atom. The molecule has 0 bridgehead atoms. The van der Waals surface area contributed by atoms with Crippen LogP contribution in [0.15, 0.2) is 36.4 Å². The first-order valence-electron chi connectivity index (χ1n) is 7.08. The smallest absolute Gasteiger partial charge is 0.119 e. The van der Waals surface area contributed by atoms with Crippen LogP contribution in [0.2, 0.25) is 0 Å². The largest absolute Gasteiger partial charge is 0.497 e. The molecule has 0 amide bonds.